The van der Waals surface area contributed by atoms with Crippen LogP contribution in [0.4, 0.5) is 10.1 Å². The lowest BCUT2D eigenvalue weighted by Crippen LogP contribution is -2.45. The minimum Gasteiger partial charge on any atom is -0.367 e. The van der Waals surface area contributed by atoms with Gasteiger partial charge in [-0.05, 0) is 49.1 Å². The molecule has 1 fully saturated rings. The fourth-order valence-corrected chi connectivity index (χ4v) is 6.89. The number of benzene rings is 1. The van der Waals surface area contributed by atoms with Crippen LogP contribution in [-0.2, 0) is 9.84 Å². The molecule has 0 bridgehead atoms. The maximum absolute atomic E-state index is 16.3. The Morgan fingerprint density at radius 1 is 1.02 bits per heavy atom. The molecule has 5 aromatic rings. The predicted octanol–water partition coefficient (Wildman–Crippen LogP) is 4.02. The van der Waals surface area contributed by atoms with Gasteiger partial charge in [-0.25, -0.2) is 17.8 Å². The van der Waals surface area contributed by atoms with Gasteiger partial charge in [0.05, 0.1) is 28.8 Å². The van der Waals surface area contributed by atoms with E-state index >= 15 is 4.39 Å². The Hall–Kier alpha value is -4.16. The van der Waals surface area contributed by atoms with Gasteiger partial charge in [0.15, 0.2) is 20.4 Å². The summed E-state index contributed by atoms with van der Waals surface area (Å²) >= 11 is 0. The number of anilines is 1. The number of nitrogens with zero attached hydrogens (tertiary/aromatic N) is 5. The van der Waals surface area contributed by atoms with Crippen molar-refractivity contribution >= 4 is 37.5 Å². The van der Waals surface area contributed by atoms with E-state index < -0.39 is 21.2 Å². The van der Waals surface area contributed by atoms with Gasteiger partial charge in [0.2, 0.25) is 0 Å². The zero-order chi connectivity index (χ0) is 29.9. The van der Waals surface area contributed by atoms with E-state index in [0.717, 1.165) is 11.8 Å². The number of halogens is 1. The van der Waals surface area contributed by atoms with Crippen LogP contribution in [0.1, 0.15) is 36.6 Å². The van der Waals surface area contributed by atoms with Crippen LogP contribution in [0.25, 0.3) is 38.9 Å². The smallest absolute Gasteiger partial charge is 0.277 e. The van der Waals surface area contributed by atoms with Gasteiger partial charge in [0.25, 0.3) is 5.56 Å². The Labute approximate surface area is 242 Å². The number of aromatic nitrogens is 5. The lowest BCUT2D eigenvalue weighted by atomic mass is 9.99. The summed E-state index contributed by atoms with van der Waals surface area (Å²) in [6.45, 7) is 9.67. The molecule has 5 heterocycles. The van der Waals surface area contributed by atoms with Crippen molar-refractivity contribution in [1.29, 1.82) is 0 Å². The van der Waals surface area contributed by atoms with E-state index in [1.165, 1.54) is 10.6 Å². The SMILES string of the molecule is Cc1ccnc(C(C)C)c1-n1c(=O)c(S(C)(=O)=O)c(N2CCNCC2)c2cc(F)c(-c3c(C)ccc4[nH]ncc34)nc21. The molecule has 0 amide bonds. The number of nitrogens with one attached hydrogen (secondary N) is 2. The van der Waals surface area contributed by atoms with Crippen molar-refractivity contribution in [2.24, 2.45) is 0 Å². The van der Waals surface area contributed by atoms with Crippen molar-refractivity contribution in [3.63, 3.8) is 0 Å². The maximum atomic E-state index is 16.3. The Morgan fingerprint density at radius 3 is 2.45 bits per heavy atom. The van der Waals surface area contributed by atoms with Crippen LogP contribution in [-0.4, -0.2) is 65.6 Å². The Kier molecular flexibility index (Phi) is 6.85. The summed E-state index contributed by atoms with van der Waals surface area (Å²) in [7, 11) is -4.06. The van der Waals surface area contributed by atoms with Crippen LogP contribution in [0.15, 0.2) is 46.3 Å². The largest absolute Gasteiger partial charge is 0.367 e. The van der Waals surface area contributed by atoms with E-state index in [0.29, 0.717) is 59.6 Å². The van der Waals surface area contributed by atoms with Crippen LogP contribution in [0.2, 0.25) is 0 Å². The first-order valence-corrected chi connectivity index (χ1v) is 15.7. The van der Waals surface area contributed by atoms with E-state index in [1.54, 1.807) is 18.5 Å². The van der Waals surface area contributed by atoms with Crippen LogP contribution < -0.4 is 15.8 Å². The molecule has 0 aliphatic carbocycles. The molecule has 0 saturated carbocycles. The highest BCUT2D eigenvalue weighted by Crippen LogP contribution is 2.38. The number of hydrogen-bond acceptors (Lipinski definition) is 8. The third-order valence-corrected chi connectivity index (χ3v) is 8.94. The number of pyridine rings is 3. The van der Waals surface area contributed by atoms with Gasteiger partial charge in [-0.3, -0.25) is 19.4 Å². The molecule has 218 valence electrons. The highest BCUT2D eigenvalue weighted by Gasteiger charge is 2.32. The van der Waals surface area contributed by atoms with Crippen molar-refractivity contribution in [2.45, 2.75) is 38.5 Å². The number of H-pyrrole nitrogens is 1. The molecule has 12 heteroatoms. The zero-order valence-electron chi connectivity index (χ0n) is 24.1. The number of fused-ring (bicyclic) bond motifs is 2. The van der Waals surface area contributed by atoms with Crippen molar-refractivity contribution in [2.75, 3.05) is 37.3 Å². The summed E-state index contributed by atoms with van der Waals surface area (Å²) in [5.41, 5.74) is 3.46. The molecule has 1 aromatic carbocycles. The number of rotatable bonds is 5. The Bertz CT molecular complexity index is 2040. The maximum Gasteiger partial charge on any atom is 0.277 e. The summed E-state index contributed by atoms with van der Waals surface area (Å²) in [5, 5.41) is 11.2. The lowest BCUT2D eigenvalue weighted by Gasteiger charge is -2.32. The molecule has 10 nitrogen and oxygen atoms in total. The van der Waals surface area contributed by atoms with Gasteiger partial charge in [0.1, 0.15) is 11.5 Å². The van der Waals surface area contributed by atoms with Crippen molar-refractivity contribution in [3.05, 3.63) is 69.7 Å². The summed E-state index contributed by atoms with van der Waals surface area (Å²) in [6, 6.07) is 6.81. The fourth-order valence-electron chi connectivity index (χ4n) is 5.89. The second-order valence-corrected chi connectivity index (χ2v) is 13.1. The molecule has 0 spiro atoms. The molecule has 6 rings (SSSR count). The molecule has 1 aliphatic rings. The van der Waals surface area contributed by atoms with Crippen molar-refractivity contribution in [1.82, 2.24) is 30.0 Å². The molecule has 0 radical (unpaired) electrons. The summed E-state index contributed by atoms with van der Waals surface area (Å²) < 4.78 is 44.4. The zero-order valence-corrected chi connectivity index (χ0v) is 24.9. The first kappa shape index (κ1) is 28.0. The van der Waals surface area contributed by atoms with E-state index in [-0.39, 0.29) is 33.2 Å². The molecular formula is C30H32FN7O3S. The van der Waals surface area contributed by atoms with Crippen molar-refractivity contribution < 1.29 is 12.8 Å². The van der Waals surface area contributed by atoms with Gasteiger partial charge in [-0.1, -0.05) is 19.9 Å². The van der Waals surface area contributed by atoms with E-state index in [9.17, 15) is 13.2 Å². The van der Waals surface area contributed by atoms with E-state index in [4.69, 9.17) is 4.98 Å². The minimum absolute atomic E-state index is 0.0474. The molecule has 4 aromatic heterocycles. The predicted molar refractivity (Wildman–Crippen MR) is 162 cm³/mol. The quantitative estimate of drug-likeness (QED) is 0.315. The molecule has 42 heavy (non-hydrogen) atoms. The molecule has 0 atom stereocenters. The molecule has 1 saturated heterocycles. The average molecular weight is 590 g/mol. The number of sulfone groups is 1. The van der Waals surface area contributed by atoms with Crippen LogP contribution in [0, 0.1) is 19.7 Å². The molecular weight excluding hydrogens is 557 g/mol. The van der Waals surface area contributed by atoms with Gasteiger partial charge >= 0.3 is 0 Å². The van der Waals surface area contributed by atoms with E-state index in [1.807, 2.05) is 44.7 Å². The number of piperazine rings is 1. The third kappa shape index (κ3) is 4.45. The standard InChI is InChI=1S/C30H32FN7O3S/c1-16(2)24-26(18(4)8-9-33-24)38-29-19(27(37-12-10-32-11-13-37)28(30(38)39)42(5,40)41)14-21(31)25(35-29)23-17(3)6-7-22-20(23)15-34-36-22/h6-9,14-16,32H,10-13H2,1-5H3,(H,34,36). The average Bonchev–Trinajstić information content (AvgIpc) is 3.41. The number of hydrogen-bond donors (Lipinski definition) is 2. The normalized spacial score (nSPS) is 14.4. The van der Waals surface area contributed by atoms with Crippen LogP contribution >= 0.6 is 0 Å². The number of aromatic amines is 1. The first-order chi connectivity index (χ1) is 20.0. The van der Waals surface area contributed by atoms with Gasteiger partial charge < -0.3 is 10.2 Å². The molecule has 1 aliphatic heterocycles. The highest BCUT2D eigenvalue weighted by molar-refractivity contribution is 7.90. The third-order valence-electron chi connectivity index (χ3n) is 7.83. The van der Waals surface area contributed by atoms with Gasteiger partial charge in [-0.15, -0.1) is 0 Å². The fraction of sp³-hybridized carbons (Fsp3) is 0.333. The summed E-state index contributed by atoms with van der Waals surface area (Å²) in [5.74, 6) is -0.731. The number of aryl methyl sites for hydroxylation is 2. The lowest BCUT2D eigenvalue weighted by molar-refractivity contribution is 0.580. The Balaban J connectivity index is 1.85. The topological polar surface area (TPSA) is 126 Å². The second kappa shape index (κ2) is 10.3. The molecule has 0 unspecified atom stereocenters. The van der Waals surface area contributed by atoms with Crippen LogP contribution in [0.3, 0.4) is 0 Å². The first-order valence-electron chi connectivity index (χ1n) is 13.8. The minimum atomic E-state index is -4.06. The van der Waals surface area contributed by atoms with Gasteiger partial charge in [-0.2, -0.15) is 5.10 Å². The Morgan fingerprint density at radius 2 is 1.76 bits per heavy atom. The highest BCUT2D eigenvalue weighted by atomic mass is 32.2. The van der Waals surface area contributed by atoms with Gasteiger partial charge in [0, 0.05) is 55.0 Å². The summed E-state index contributed by atoms with van der Waals surface area (Å²) in [4.78, 5) is 25.5. The van der Waals surface area contributed by atoms with E-state index in [2.05, 4.69) is 20.5 Å². The summed E-state index contributed by atoms with van der Waals surface area (Å²) in [6.07, 6.45) is 4.30. The molecule has 2 N–H and O–H groups in total. The van der Waals surface area contributed by atoms with Crippen molar-refractivity contribution in [3.8, 4) is 16.9 Å². The van der Waals surface area contributed by atoms with Crippen LogP contribution in [0.5, 0.6) is 0 Å². The second-order valence-electron chi connectivity index (χ2n) is 11.1. The monoisotopic (exact) mass is 589 g/mol.